The second-order valence-corrected chi connectivity index (χ2v) is 9.79. The zero-order valence-electron chi connectivity index (χ0n) is 22.3. The van der Waals surface area contributed by atoms with E-state index in [2.05, 4.69) is 45.2 Å². The Hall–Kier alpha value is -2.38. The maximum Gasteiger partial charge on any atom is 0.328 e. The van der Waals surface area contributed by atoms with Crippen LogP contribution in [0.1, 0.15) is 58.9 Å². The predicted octanol–water partition coefficient (Wildman–Crippen LogP) is 4.87. The summed E-state index contributed by atoms with van der Waals surface area (Å²) >= 11 is 0. The number of phenolic OH excluding ortho intramolecular Hbond substituents is 1. The SMILES string of the molecule is COCOCCCC[C@H](C=CC(C)C)[C@@H](CC(C)C)C(=O)N[C@@H](Cc1ccc(O)cc1)C(=O)OC. The van der Waals surface area contributed by atoms with E-state index in [9.17, 15) is 14.7 Å². The van der Waals surface area contributed by atoms with Crippen LogP contribution in [0, 0.1) is 23.7 Å². The number of methoxy groups -OCH3 is 2. The average Bonchev–Trinajstić information content (AvgIpc) is 2.81. The molecule has 0 unspecified atom stereocenters. The molecule has 1 aromatic carbocycles. The summed E-state index contributed by atoms with van der Waals surface area (Å²) in [6.07, 6.45) is 7.99. The molecule has 3 atom stereocenters. The number of allylic oxidation sites excluding steroid dienone is 2. The number of hydrogen-bond donors (Lipinski definition) is 2. The average molecular weight is 492 g/mol. The highest BCUT2D eigenvalue weighted by molar-refractivity contribution is 5.86. The maximum atomic E-state index is 13.6. The lowest BCUT2D eigenvalue weighted by molar-refractivity contribution is -0.145. The lowest BCUT2D eigenvalue weighted by Gasteiger charge is -2.28. The molecule has 0 aliphatic heterocycles. The molecule has 0 radical (unpaired) electrons. The molecule has 1 rings (SSSR count). The van der Waals surface area contributed by atoms with E-state index in [-0.39, 0.29) is 36.7 Å². The van der Waals surface area contributed by atoms with Gasteiger partial charge in [-0.2, -0.15) is 0 Å². The molecule has 1 aromatic rings. The van der Waals surface area contributed by atoms with Gasteiger partial charge in [0.1, 0.15) is 18.6 Å². The van der Waals surface area contributed by atoms with Crippen LogP contribution in [0.3, 0.4) is 0 Å². The molecule has 0 heterocycles. The molecular weight excluding hydrogens is 446 g/mol. The molecule has 35 heavy (non-hydrogen) atoms. The topological polar surface area (TPSA) is 94.1 Å². The Balaban J connectivity index is 3.03. The van der Waals surface area contributed by atoms with Crippen molar-refractivity contribution in [3.63, 3.8) is 0 Å². The van der Waals surface area contributed by atoms with Crippen LogP contribution >= 0.6 is 0 Å². The number of rotatable bonds is 17. The summed E-state index contributed by atoms with van der Waals surface area (Å²) in [4.78, 5) is 26.1. The van der Waals surface area contributed by atoms with Crippen LogP contribution in [0.2, 0.25) is 0 Å². The second kappa shape index (κ2) is 17.1. The molecule has 0 fully saturated rings. The van der Waals surface area contributed by atoms with Crippen molar-refractivity contribution < 1.29 is 28.9 Å². The molecule has 0 aliphatic rings. The van der Waals surface area contributed by atoms with Gasteiger partial charge in [0.2, 0.25) is 5.91 Å². The minimum atomic E-state index is -0.802. The van der Waals surface area contributed by atoms with Gasteiger partial charge in [-0.1, -0.05) is 58.4 Å². The molecule has 0 aliphatic carbocycles. The van der Waals surface area contributed by atoms with Crippen molar-refractivity contribution >= 4 is 11.9 Å². The van der Waals surface area contributed by atoms with E-state index in [0.29, 0.717) is 24.9 Å². The maximum absolute atomic E-state index is 13.6. The molecule has 0 saturated heterocycles. The number of nitrogens with one attached hydrogen (secondary N) is 1. The Morgan fingerprint density at radius 2 is 1.71 bits per heavy atom. The first-order chi connectivity index (χ1) is 16.7. The fourth-order valence-electron chi connectivity index (χ4n) is 3.99. The first kappa shape index (κ1) is 30.7. The lowest BCUT2D eigenvalue weighted by Crippen LogP contribution is -2.47. The summed E-state index contributed by atoms with van der Waals surface area (Å²) in [5.41, 5.74) is 0.825. The van der Waals surface area contributed by atoms with Crippen LogP contribution in [0.25, 0.3) is 0 Å². The first-order valence-corrected chi connectivity index (χ1v) is 12.6. The van der Waals surface area contributed by atoms with E-state index in [1.807, 2.05) is 0 Å². The number of phenols is 1. The fourth-order valence-corrected chi connectivity index (χ4v) is 3.99. The van der Waals surface area contributed by atoms with Gasteiger partial charge in [0.25, 0.3) is 0 Å². The molecule has 198 valence electrons. The lowest BCUT2D eigenvalue weighted by atomic mass is 9.81. The smallest absolute Gasteiger partial charge is 0.328 e. The Labute approximate surface area is 211 Å². The molecule has 2 N–H and O–H groups in total. The Kier molecular flexibility index (Phi) is 15.0. The predicted molar refractivity (Wildman–Crippen MR) is 138 cm³/mol. The highest BCUT2D eigenvalue weighted by Gasteiger charge is 2.31. The number of carbonyl (C=O) groups excluding carboxylic acids is 2. The number of hydrogen-bond acceptors (Lipinski definition) is 6. The third-order valence-corrected chi connectivity index (χ3v) is 5.78. The van der Waals surface area contributed by atoms with Crippen LogP contribution in [0.5, 0.6) is 5.75 Å². The second-order valence-electron chi connectivity index (χ2n) is 9.79. The molecule has 0 aromatic heterocycles. The van der Waals surface area contributed by atoms with E-state index >= 15 is 0 Å². The standard InChI is InChI=1S/C28H45NO6/c1-20(2)10-13-23(9-7-8-16-35-19-33-5)25(17-21(3)4)27(31)29-26(28(32)34-6)18-22-11-14-24(30)15-12-22/h10-15,20-21,23,25-26,30H,7-9,16-19H2,1-6H3,(H,29,31)/t23-,25-,26+/m1/s1. The van der Waals surface area contributed by atoms with Crippen molar-refractivity contribution in [2.24, 2.45) is 23.7 Å². The minimum Gasteiger partial charge on any atom is -0.508 e. The summed E-state index contributed by atoms with van der Waals surface area (Å²) in [7, 11) is 2.93. The monoisotopic (exact) mass is 491 g/mol. The molecule has 1 amide bonds. The van der Waals surface area contributed by atoms with Gasteiger partial charge in [-0.25, -0.2) is 4.79 Å². The number of esters is 1. The summed E-state index contributed by atoms with van der Waals surface area (Å²) in [5.74, 6) is 0.00564. The van der Waals surface area contributed by atoms with Crippen molar-refractivity contribution in [2.75, 3.05) is 27.6 Å². The summed E-state index contributed by atoms with van der Waals surface area (Å²) in [6.45, 7) is 9.35. The Morgan fingerprint density at radius 1 is 1.03 bits per heavy atom. The molecule has 0 spiro atoms. The van der Waals surface area contributed by atoms with Crippen LogP contribution in [0.15, 0.2) is 36.4 Å². The zero-order valence-corrected chi connectivity index (χ0v) is 22.3. The number of unbranched alkanes of at least 4 members (excludes halogenated alkanes) is 1. The quantitative estimate of drug-likeness (QED) is 0.140. The molecule has 7 nitrogen and oxygen atoms in total. The Bertz CT molecular complexity index is 759. The number of amides is 1. The highest BCUT2D eigenvalue weighted by Crippen LogP contribution is 2.28. The third-order valence-electron chi connectivity index (χ3n) is 5.78. The summed E-state index contributed by atoms with van der Waals surface area (Å²) in [5, 5.41) is 12.5. The largest absolute Gasteiger partial charge is 0.508 e. The van der Waals surface area contributed by atoms with Crippen molar-refractivity contribution in [3.05, 3.63) is 42.0 Å². The van der Waals surface area contributed by atoms with Gasteiger partial charge in [0.05, 0.1) is 7.11 Å². The van der Waals surface area contributed by atoms with Gasteiger partial charge in [0.15, 0.2) is 0 Å². The van der Waals surface area contributed by atoms with Gasteiger partial charge in [0, 0.05) is 26.1 Å². The third kappa shape index (κ3) is 12.8. The molecule has 0 saturated carbocycles. The molecule has 0 bridgehead atoms. The minimum absolute atomic E-state index is 0.0502. The normalized spacial score (nSPS) is 14.3. The van der Waals surface area contributed by atoms with E-state index < -0.39 is 12.0 Å². The van der Waals surface area contributed by atoms with E-state index in [1.165, 1.54) is 7.11 Å². The number of carbonyl (C=O) groups is 2. The van der Waals surface area contributed by atoms with Crippen molar-refractivity contribution in [1.29, 1.82) is 0 Å². The van der Waals surface area contributed by atoms with E-state index in [1.54, 1.807) is 31.4 Å². The highest BCUT2D eigenvalue weighted by atomic mass is 16.7. The van der Waals surface area contributed by atoms with Crippen molar-refractivity contribution in [3.8, 4) is 5.75 Å². The number of aromatic hydroxyl groups is 1. The number of ether oxygens (including phenoxy) is 3. The molecular formula is C28H45NO6. The van der Waals surface area contributed by atoms with Gasteiger partial charge in [-0.15, -0.1) is 0 Å². The van der Waals surface area contributed by atoms with Gasteiger partial charge in [-0.05, 0) is 54.7 Å². The van der Waals surface area contributed by atoms with E-state index in [4.69, 9.17) is 14.2 Å². The summed E-state index contributed by atoms with van der Waals surface area (Å²) in [6, 6.07) is 5.81. The van der Waals surface area contributed by atoms with Gasteiger partial charge < -0.3 is 24.6 Å². The molecule has 7 heteroatoms. The first-order valence-electron chi connectivity index (χ1n) is 12.6. The van der Waals surface area contributed by atoms with Gasteiger partial charge >= 0.3 is 5.97 Å². The Morgan fingerprint density at radius 3 is 2.29 bits per heavy atom. The van der Waals surface area contributed by atoms with Crippen LogP contribution in [-0.4, -0.2) is 50.6 Å². The van der Waals surface area contributed by atoms with E-state index in [0.717, 1.165) is 24.8 Å². The number of benzene rings is 1. The van der Waals surface area contributed by atoms with Crippen LogP contribution < -0.4 is 5.32 Å². The van der Waals surface area contributed by atoms with Crippen LogP contribution in [-0.2, 0) is 30.2 Å². The fraction of sp³-hybridized carbons (Fsp3) is 0.643. The van der Waals surface area contributed by atoms with Crippen molar-refractivity contribution in [1.82, 2.24) is 5.32 Å². The van der Waals surface area contributed by atoms with Gasteiger partial charge in [-0.3, -0.25) is 4.79 Å². The van der Waals surface area contributed by atoms with Crippen molar-refractivity contribution in [2.45, 2.75) is 65.8 Å². The summed E-state index contributed by atoms with van der Waals surface area (Å²) < 4.78 is 15.3. The zero-order chi connectivity index (χ0) is 26.2. The van der Waals surface area contributed by atoms with Crippen LogP contribution in [0.4, 0.5) is 0 Å².